The van der Waals surface area contributed by atoms with Gasteiger partial charge in [-0.2, -0.15) is 0 Å². The maximum absolute atomic E-state index is 11.7. The van der Waals surface area contributed by atoms with E-state index in [-0.39, 0.29) is 17.8 Å². The number of aromatic nitrogens is 3. The Kier molecular flexibility index (Phi) is 3.22. The Bertz CT molecular complexity index is 318. The number of nitrogens with zero attached hydrogens (tertiary/aromatic N) is 3. The van der Waals surface area contributed by atoms with Crippen LogP contribution in [0.2, 0.25) is 0 Å². The molecule has 1 N–H and O–H groups in total. The zero-order chi connectivity index (χ0) is 10.7. The molecule has 0 bridgehead atoms. The van der Waals surface area contributed by atoms with Crippen molar-refractivity contribution in [1.82, 2.24) is 20.1 Å². The molecule has 0 unspecified atom stereocenters. The molecule has 0 radical (unpaired) electrons. The highest BCUT2D eigenvalue weighted by atomic mass is 16.2. The number of carbonyl (C=O) groups is 1. The van der Waals surface area contributed by atoms with E-state index in [2.05, 4.69) is 15.2 Å². The topological polar surface area (TPSA) is 61.9 Å². The maximum atomic E-state index is 11.7. The number of nitrogens with one attached hydrogen (secondary N) is 1. The molecule has 5 heteroatoms. The summed E-state index contributed by atoms with van der Waals surface area (Å²) in [6.07, 6.45) is 0.756. The van der Waals surface area contributed by atoms with E-state index in [1.54, 1.807) is 11.9 Å². The zero-order valence-electron chi connectivity index (χ0n) is 9.03. The molecule has 5 nitrogen and oxygen atoms in total. The molecule has 1 rings (SSSR count). The van der Waals surface area contributed by atoms with Crippen molar-refractivity contribution in [3.63, 3.8) is 0 Å². The fourth-order valence-corrected chi connectivity index (χ4v) is 0.941. The maximum Gasteiger partial charge on any atom is 0.293 e. The van der Waals surface area contributed by atoms with Crippen LogP contribution in [0.3, 0.4) is 0 Å². The second-order valence-corrected chi connectivity index (χ2v) is 3.47. The van der Waals surface area contributed by atoms with Gasteiger partial charge in [-0.25, -0.2) is 4.98 Å². The zero-order valence-corrected chi connectivity index (χ0v) is 9.03. The number of carbonyl (C=O) groups excluding carboxylic acids is 1. The van der Waals surface area contributed by atoms with E-state index >= 15 is 0 Å². The van der Waals surface area contributed by atoms with Gasteiger partial charge in [0, 0.05) is 19.5 Å². The number of rotatable bonds is 3. The van der Waals surface area contributed by atoms with Gasteiger partial charge in [0.05, 0.1) is 0 Å². The third-order valence-corrected chi connectivity index (χ3v) is 2.15. The molecule has 78 valence electrons. The molecule has 0 fully saturated rings. The van der Waals surface area contributed by atoms with Gasteiger partial charge in [-0.15, -0.1) is 5.10 Å². The largest absolute Gasteiger partial charge is 0.337 e. The first kappa shape index (κ1) is 10.7. The Hall–Kier alpha value is -1.39. The van der Waals surface area contributed by atoms with Gasteiger partial charge in [-0.3, -0.25) is 9.89 Å². The predicted molar refractivity (Wildman–Crippen MR) is 53.0 cm³/mol. The van der Waals surface area contributed by atoms with E-state index in [9.17, 15) is 4.79 Å². The van der Waals surface area contributed by atoms with Gasteiger partial charge in [0.15, 0.2) is 0 Å². The first-order valence-corrected chi connectivity index (χ1v) is 4.74. The van der Waals surface area contributed by atoms with Crippen LogP contribution >= 0.6 is 0 Å². The molecule has 1 heterocycles. The Labute approximate surface area is 83.5 Å². The van der Waals surface area contributed by atoms with E-state index in [0.29, 0.717) is 0 Å². The van der Waals surface area contributed by atoms with Crippen LogP contribution in [0.4, 0.5) is 0 Å². The number of aromatic amines is 1. The molecule has 0 saturated heterocycles. The smallest absolute Gasteiger partial charge is 0.293 e. The Morgan fingerprint density at radius 3 is 2.64 bits per heavy atom. The lowest BCUT2D eigenvalue weighted by molar-refractivity contribution is 0.0743. The van der Waals surface area contributed by atoms with E-state index < -0.39 is 0 Å². The van der Waals surface area contributed by atoms with Gasteiger partial charge in [-0.05, 0) is 13.8 Å². The molecule has 0 atom stereocenters. The molecule has 0 aliphatic rings. The van der Waals surface area contributed by atoms with Crippen molar-refractivity contribution in [2.45, 2.75) is 33.2 Å². The average molecular weight is 196 g/mol. The second kappa shape index (κ2) is 4.21. The first-order valence-electron chi connectivity index (χ1n) is 4.74. The third kappa shape index (κ3) is 2.10. The van der Waals surface area contributed by atoms with Gasteiger partial charge in [-0.1, -0.05) is 6.92 Å². The van der Waals surface area contributed by atoms with E-state index in [0.717, 1.165) is 12.2 Å². The Morgan fingerprint density at radius 2 is 2.21 bits per heavy atom. The fraction of sp³-hybridized carbons (Fsp3) is 0.667. The van der Waals surface area contributed by atoms with Crippen LogP contribution < -0.4 is 0 Å². The third-order valence-electron chi connectivity index (χ3n) is 2.15. The van der Waals surface area contributed by atoms with Crippen LogP contribution in [0.1, 0.15) is 37.2 Å². The highest BCUT2D eigenvalue weighted by Gasteiger charge is 2.18. The lowest BCUT2D eigenvalue weighted by atomic mass is 10.3. The van der Waals surface area contributed by atoms with Crippen LogP contribution in [0.15, 0.2) is 0 Å². The summed E-state index contributed by atoms with van der Waals surface area (Å²) in [4.78, 5) is 17.4. The van der Waals surface area contributed by atoms with Gasteiger partial charge in [0.25, 0.3) is 5.91 Å². The molecule has 1 amide bonds. The molecule has 0 aliphatic heterocycles. The molecule has 1 aromatic heterocycles. The van der Waals surface area contributed by atoms with E-state index in [1.807, 2.05) is 20.8 Å². The van der Waals surface area contributed by atoms with Crippen molar-refractivity contribution in [3.8, 4) is 0 Å². The van der Waals surface area contributed by atoms with Crippen molar-refractivity contribution in [3.05, 3.63) is 11.6 Å². The molecule has 0 aliphatic carbocycles. The van der Waals surface area contributed by atoms with Gasteiger partial charge >= 0.3 is 0 Å². The van der Waals surface area contributed by atoms with Crippen LogP contribution in [0, 0.1) is 0 Å². The Balaban J connectivity index is 2.79. The monoisotopic (exact) mass is 196 g/mol. The number of hydrogen-bond acceptors (Lipinski definition) is 3. The van der Waals surface area contributed by atoms with Crippen molar-refractivity contribution < 1.29 is 4.79 Å². The lowest BCUT2D eigenvalue weighted by Gasteiger charge is -2.19. The average Bonchev–Trinajstić information content (AvgIpc) is 2.63. The molecule has 0 saturated carbocycles. The SMILES string of the molecule is CCc1nc(C(=O)N(C)C(C)C)n[nH]1. The molecular formula is C9H16N4O. The number of amides is 1. The van der Waals surface area contributed by atoms with Gasteiger partial charge < -0.3 is 4.90 Å². The van der Waals surface area contributed by atoms with Crippen molar-refractivity contribution in [1.29, 1.82) is 0 Å². The summed E-state index contributed by atoms with van der Waals surface area (Å²) >= 11 is 0. The van der Waals surface area contributed by atoms with Crippen molar-refractivity contribution in [2.24, 2.45) is 0 Å². The lowest BCUT2D eigenvalue weighted by Crippen LogP contribution is -2.33. The van der Waals surface area contributed by atoms with Crippen LogP contribution in [-0.2, 0) is 6.42 Å². The molecule has 1 aromatic rings. The van der Waals surface area contributed by atoms with Crippen LogP contribution in [0.5, 0.6) is 0 Å². The fourth-order valence-electron chi connectivity index (χ4n) is 0.941. The number of H-pyrrole nitrogens is 1. The summed E-state index contributed by atoms with van der Waals surface area (Å²) in [5.41, 5.74) is 0. The van der Waals surface area contributed by atoms with Gasteiger partial charge in [0.2, 0.25) is 5.82 Å². The Morgan fingerprint density at radius 1 is 1.57 bits per heavy atom. The molecule has 0 aromatic carbocycles. The summed E-state index contributed by atoms with van der Waals surface area (Å²) in [7, 11) is 1.75. The second-order valence-electron chi connectivity index (χ2n) is 3.47. The summed E-state index contributed by atoms with van der Waals surface area (Å²) < 4.78 is 0. The minimum atomic E-state index is -0.143. The highest BCUT2D eigenvalue weighted by molar-refractivity contribution is 5.90. The van der Waals surface area contributed by atoms with Crippen LogP contribution in [0.25, 0.3) is 0 Å². The first-order chi connectivity index (χ1) is 6.56. The van der Waals surface area contributed by atoms with Crippen LogP contribution in [-0.4, -0.2) is 39.1 Å². The van der Waals surface area contributed by atoms with Crippen molar-refractivity contribution in [2.75, 3.05) is 7.05 Å². The minimum Gasteiger partial charge on any atom is -0.337 e. The standard InChI is InChI=1S/C9H16N4O/c1-5-7-10-8(12-11-7)9(14)13(4)6(2)3/h6H,5H2,1-4H3,(H,10,11,12). The summed E-state index contributed by atoms with van der Waals surface area (Å²) in [5, 5.41) is 6.58. The molecular weight excluding hydrogens is 180 g/mol. The van der Waals surface area contributed by atoms with Gasteiger partial charge in [0.1, 0.15) is 5.82 Å². The van der Waals surface area contributed by atoms with Crippen molar-refractivity contribution >= 4 is 5.91 Å². The number of aryl methyl sites for hydroxylation is 1. The van der Waals surface area contributed by atoms with E-state index in [1.165, 1.54) is 0 Å². The molecule has 0 spiro atoms. The summed E-state index contributed by atoms with van der Waals surface area (Å²) in [5.74, 6) is 0.847. The quantitative estimate of drug-likeness (QED) is 0.779. The highest BCUT2D eigenvalue weighted by Crippen LogP contribution is 2.01. The minimum absolute atomic E-state index is 0.143. The number of hydrogen-bond donors (Lipinski definition) is 1. The normalized spacial score (nSPS) is 10.6. The summed E-state index contributed by atoms with van der Waals surface area (Å²) in [6, 6.07) is 0.158. The van der Waals surface area contributed by atoms with E-state index in [4.69, 9.17) is 0 Å². The predicted octanol–water partition coefficient (Wildman–Crippen LogP) is 0.847. The molecule has 14 heavy (non-hydrogen) atoms. The summed E-state index contributed by atoms with van der Waals surface area (Å²) in [6.45, 7) is 5.86.